The summed E-state index contributed by atoms with van der Waals surface area (Å²) < 4.78 is 11.4. The molecule has 0 bridgehead atoms. The Labute approximate surface area is 144 Å². The highest BCUT2D eigenvalue weighted by atomic mass is 16.6. The SMILES string of the molecule is CCOC(=O)N1CCC(n2c(=O)[nH]c3ccc(OC)cc3c2=O)CC1. The molecule has 0 saturated carbocycles. The lowest BCUT2D eigenvalue weighted by Gasteiger charge is -2.31. The Bertz CT molecular complexity index is 893. The van der Waals surface area contributed by atoms with Crippen LogP contribution in [0.15, 0.2) is 27.8 Å². The third-order valence-corrected chi connectivity index (χ3v) is 4.49. The molecule has 8 nitrogen and oxygen atoms in total. The van der Waals surface area contributed by atoms with Gasteiger partial charge in [0.05, 0.1) is 24.6 Å². The van der Waals surface area contributed by atoms with Crippen LogP contribution in [0.5, 0.6) is 5.75 Å². The molecule has 0 atom stereocenters. The van der Waals surface area contributed by atoms with E-state index < -0.39 is 5.69 Å². The van der Waals surface area contributed by atoms with Gasteiger partial charge in [0.15, 0.2) is 0 Å². The summed E-state index contributed by atoms with van der Waals surface area (Å²) in [6, 6.07) is 4.72. The van der Waals surface area contributed by atoms with E-state index in [1.54, 1.807) is 30.0 Å². The molecule has 1 N–H and O–H groups in total. The first kappa shape index (κ1) is 17.1. The van der Waals surface area contributed by atoms with Gasteiger partial charge >= 0.3 is 11.8 Å². The van der Waals surface area contributed by atoms with Gasteiger partial charge in [-0.3, -0.25) is 9.36 Å². The zero-order chi connectivity index (χ0) is 18.0. The molecule has 0 radical (unpaired) electrons. The molecule has 2 heterocycles. The maximum absolute atomic E-state index is 12.8. The molecule has 134 valence electrons. The van der Waals surface area contributed by atoms with E-state index in [1.807, 2.05) is 0 Å². The molecule has 0 unspecified atom stereocenters. The van der Waals surface area contributed by atoms with Gasteiger partial charge in [0.2, 0.25) is 0 Å². The number of hydrogen-bond donors (Lipinski definition) is 1. The number of ether oxygens (including phenoxy) is 2. The summed E-state index contributed by atoms with van der Waals surface area (Å²) in [5.41, 5.74) is -0.291. The minimum Gasteiger partial charge on any atom is -0.497 e. The number of amides is 1. The van der Waals surface area contributed by atoms with Crippen LogP contribution in [0.3, 0.4) is 0 Å². The number of likely N-dealkylation sites (tertiary alicyclic amines) is 1. The van der Waals surface area contributed by atoms with E-state index in [0.717, 1.165) is 0 Å². The Kier molecular flexibility index (Phi) is 4.78. The smallest absolute Gasteiger partial charge is 0.409 e. The molecule has 25 heavy (non-hydrogen) atoms. The summed E-state index contributed by atoms with van der Waals surface area (Å²) in [5.74, 6) is 0.556. The van der Waals surface area contributed by atoms with Gasteiger partial charge < -0.3 is 19.4 Å². The van der Waals surface area contributed by atoms with E-state index in [9.17, 15) is 14.4 Å². The number of piperidine rings is 1. The van der Waals surface area contributed by atoms with Crippen molar-refractivity contribution >= 4 is 17.0 Å². The molecule has 3 rings (SSSR count). The molecule has 1 saturated heterocycles. The normalized spacial score (nSPS) is 15.4. The number of nitrogens with one attached hydrogen (secondary N) is 1. The topological polar surface area (TPSA) is 93.6 Å². The Morgan fingerprint density at radius 2 is 2.00 bits per heavy atom. The standard InChI is InChI=1S/C17H21N3O5/c1-3-25-17(23)19-8-6-11(7-9-19)20-15(21)13-10-12(24-2)4-5-14(13)18-16(20)22/h4-5,10-11H,3,6-9H2,1-2H3,(H,18,22). The first-order valence-electron chi connectivity index (χ1n) is 8.29. The largest absolute Gasteiger partial charge is 0.497 e. The lowest BCUT2D eigenvalue weighted by Crippen LogP contribution is -2.45. The van der Waals surface area contributed by atoms with E-state index in [2.05, 4.69) is 4.98 Å². The molecule has 1 fully saturated rings. The van der Waals surface area contributed by atoms with Gasteiger partial charge in [-0.05, 0) is 38.0 Å². The van der Waals surface area contributed by atoms with Crippen molar-refractivity contribution in [2.45, 2.75) is 25.8 Å². The molecule has 0 spiro atoms. The number of aromatic amines is 1. The maximum Gasteiger partial charge on any atom is 0.409 e. The Morgan fingerprint density at radius 1 is 1.28 bits per heavy atom. The molecule has 1 amide bonds. The van der Waals surface area contributed by atoms with Crippen LogP contribution in [-0.2, 0) is 4.74 Å². The van der Waals surface area contributed by atoms with Gasteiger partial charge in [0, 0.05) is 19.1 Å². The van der Waals surface area contributed by atoms with Crippen molar-refractivity contribution in [1.29, 1.82) is 0 Å². The van der Waals surface area contributed by atoms with Crippen LogP contribution in [0.1, 0.15) is 25.8 Å². The predicted octanol–water partition coefficient (Wildman–Crippen LogP) is 1.49. The van der Waals surface area contributed by atoms with E-state index in [-0.39, 0.29) is 17.7 Å². The average Bonchev–Trinajstić information content (AvgIpc) is 2.62. The Hall–Kier alpha value is -2.77. The highest BCUT2D eigenvalue weighted by molar-refractivity contribution is 5.78. The number of fused-ring (bicyclic) bond motifs is 1. The van der Waals surface area contributed by atoms with Crippen LogP contribution in [0.25, 0.3) is 10.9 Å². The second-order valence-corrected chi connectivity index (χ2v) is 5.93. The third kappa shape index (κ3) is 3.24. The van der Waals surface area contributed by atoms with Crippen LogP contribution in [-0.4, -0.2) is 47.4 Å². The molecular formula is C17H21N3O5. The summed E-state index contributed by atoms with van der Waals surface area (Å²) in [7, 11) is 1.52. The van der Waals surface area contributed by atoms with E-state index in [4.69, 9.17) is 9.47 Å². The summed E-state index contributed by atoms with van der Waals surface area (Å²) in [4.78, 5) is 41.3. The van der Waals surface area contributed by atoms with Gasteiger partial charge in [-0.25, -0.2) is 9.59 Å². The van der Waals surface area contributed by atoms with Gasteiger partial charge in [-0.2, -0.15) is 0 Å². The lowest BCUT2D eigenvalue weighted by molar-refractivity contribution is 0.0920. The monoisotopic (exact) mass is 347 g/mol. The van der Waals surface area contributed by atoms with Crippen molar-refractivity contribution in [3.63, 3.8) is 0 Å². The molecule has 1 aromatic carbocycles. The average molecular weight is 347 g/mol. The van der Waals surface area contributed by atoms with Gasteiger partial charge in [-0.15, -0.1) is 0 Å². The second-order valence-electron chi connectivity index (χ2n) is 5.93. The summed E-state index contributed by atoms with van der Waals surface area (Å²) in [5, 5.41) is 0.409. The number of carbonyl (C=O) groups is 1. The first-order chi connectivity index (χ1) is 12.0. The van der Waals surface area contributed by atoms with Crippen molar-refractivity contribution in [1.82, 2.24) is 14.5 Å². The maximum atomic E-state index is 12.8. The minimum atomic E-state index is -0.433. The quantitative estimate of drug-likeness (QED) is 0.908. The summed E-state index contributed by atoms with van der Waals surface area (Å²) >= 11 is 0. The number of H-pyrrole nitrogens is 1. The number of methoxy groups -OCH3 is 1. The fourth-order valence-corrected chi connectivity index (χ4v) is 3.19. The molecule has 2 aromatic rings. The molecule has 1 aliphatic rings. The number of hydrogen-bond acceptors (Lipinski definition) is 5. The zero-order valence-corrected chi connectivity index (χ0v) is 14.3. The number of nitrogens with zero attached hydrogens (tertiary/aromatic N) is 2. The number of aromatic nitrogens is 2. The predicted molar refractivity (Wildman–Crippen MR) is 92.2 cm³/mol. The molecular weight excluding hydrogens is 326 g/mol. The zero-order valence-electron chi connectivity index (χ0n) is 14.3. The van der Waals surface area contributed by atoms with Crippen molar-refractivity contribution < 1.29 is 14.3 Å². The molecule has 1 aliphatic heterocycles. The second kappa shape index (κ2) is 7.00. The minimum absolute atomic E-state index is 0.252. The molecule has 0 aliphatic carbocycles. The van der Waals surface area contributed by atoms with E-state index in [0.29, 0.717) is 49.2 Å². The first-order valence-corrected chi connectivity index (χ1v) is 8.29. The highest BCUT2D eigenvalue weighted by Crippen LogP contribution is 2.22. The molecule has 1 aromatic heterocycles. The van der Waals surface area contributed by atoms with E-state index >= 15 is 0 Å². The van der Waals surface area contributed by atoms with Gasteiger partial charge in [-0.1, -0.05) is 0 Å². The van der Waals surface area contributed by atoms with Gasteiger partial charge in [0.25, 0.3) is 5.56 Å². The number of benzene rings is 1. The summed E-state index contributed by atoms with van der Waals surface area (Å²) in [6.45, 7) is 2.98. The van der Waals surface area contributed by atoms with Crippen molar-refractivity contribution in [3.05, 3.63) is 39.0 Å². The Balaban J connectivity index is 1.90. The fraction of sp³-hybridized carbons (Fsp3) is 0.471. The molecule has 8 heteroatoms. The number of rotatable bonds is 3. The number of carbonyl (C=O) groups excluding carboxylic acids is 1. The van der Waals surface area contributed by atoms with Gasteiger partial charge in [0.1, 0.15) is 5.75 Å². The van der Waals surface area contributed by atoms with Crippen LogP contribution < -0.4 is 16.0 Å². The van der Waals surface area contributed by atoms with Crippen LogP contribution in [0.4, 0.5) is 4.79 Å². The van der Waals surface area contributed by atoms with Crippen molar-refractivity contribution in [2.24, 2.45) is 0 Å². The Morgan fingerprint density at radius 3 is 2.64 bits per heavy atom. The summed E-state index contributed by atoms with van der Waals surface area (Å²) in [6.07, 6.45) is 0.694. The van der Waals surface area contributed by atoms with Crippen molar-refractivity contribution in [3.8, 4) is 5.75 Å². The third-order valence-electron chi connectivity index (χ3n) is 4.49. The van der Waals surface area contributed by atoms with Crippen molar-refractivity contribution in [2.75, 3.05) is 26.8 Å². The van der Waals surface area contributed by atoms with Crippen LogP contribution >= 0.6 is 0 Å². The fourth-order valence-electron chi connectivity index (χ4n) is 3.19. The lowest BCUT2D eigenvalue weighted by atomic mass is 10.0. The van der Waals surface area contributed by atoms with Crippen LogP contribution in [0.2, 0.25) is 0 Å². The highest BCUT2D eigenvalue weighted by Gasteiger charge is 2.26. The van der Waals surface area contributed by atoms with E-state index in [1.165, 1.54) is 11.7 Å². The van der Waals surface area contributed by atoms with Crippen LogP contribution in [0, 0.1) is 0 Å².